The van der Waals surface area contributed by atoms with Crippen molar-refractivity contribution < 1.29 is 24.2 Å². The Morgan fingerprint density at radius 3 is 2.53 bits per heavy atom. The lowest BCUT2D eigenvalue weighted by atomic mass is 9.38. The van der Waals surface area contributed by atoms with Crippen LogP contribution in [0.25, 0.3) is 0 Å². The van der Waals surface area contributed by atoms with Gasteiger partial charge in [-0.25, -0.2) is 4.79 Å². The summed E-state index contributed by atoms with van der Waals surface area (Å²) in [6.45, 7) is 11.4. The third-order valence-electron chi connectivity index (χ3n) is 10.7. The summed E-state index contributed by atoms with van der Waals surface area (Å²) in [6.07, 6.45) is 8.60. The number of hydrogen-bond acceptors (Lipinski definition) is 5. The molecule has 9 atom stereocenters. The first-order valence-electron chi connectivity index (χ1n) is 12.7. The molecule has 0 radical (unpaired) electrons. The molecule has 0 aromatic heterocycles. The smallest absolute Gasteiger partial charge is 0.331 e. The predicted octanol–water partition coefficient (Wildman–Crippen LogP) is 4.81. The molecule has 178 valence electrons. The number of aliphatic hydroxyl groups excluding tert-OH is 1. The molecule has 0 spiro atoms. The minimum absolute atomic E-state index is 0.0628. The Morgan fingerprint density at radius 1 is 1.06 bits per heavy atom. The third kappa shape index (κ3) is 3.13. The Morgan fingerprint density at radius 2 is 1.81 bits per heavy atom. The molecule has 5 aliphatic rings. The van der Waals surface area contributed by atoms with Crippen LogP contribution in [0.15, 0.2) is 11.6 Å². The van der Waals surface area contributed by atoms with E-state index < -0.39 is 24.3 Å². The summed E-state index contributed by atoms with van der Waals surface area (Å²) in [4.78, 5) is 24.0. The molecule has 0 saturated heterocycles. The maximum atomic E-state index is 12.1. The second-order valence-electron chi connectivity index (χ2n) is 12.7. The van der Waals surface area contributed by atoms with Gasteiger partial charge in [-0.3, -0.25) is 4.79 Å². The van der Waals surface area contributed by atoms with Gasteiger partial charge in [-0.1, -0.05) is 34.1 Å². The Hall–Kier alpha value is -1.36. The van der Waals surface area contributed by atoms with Gasteiger partial charge in [0.1, 0.15) is 6.10 Å². The topological polar surface area (TPSA) is 72.8 Å². The Bertz CT molecular complexity index is 845. The summed E-state index contributed by atoms with van der Waals surface area (Å²) in [7, 11) is 0. The predicted molar refractivity (Wildman–Crippen MR) is 120 cm³/mol. The molecular formula is C27H40O5. The van der Waals surface area contributed by atoms with E-state index >= 15 is 0 Å². The molecular weight excluding hydrogens is 404 g/mol. The van der Waals surface area contributed by atoms with Crippen molar-refractivity contribution in [1.82, 2.24) is 0 Å². The molecule has 4 aliphatic carbocycles. The normalized spacial score (nSPS) is 49.4. The van der Waals surface area contributed by atoms with Crippen LogP contribution in [0.5, 0.6) is 0 Å². The molecule has 0 aromatic rings. The molecule has 5 rings (SSSR count). The van der Waals surface area contributed by atoms with Crippen molar-refractivity contribution in [2.75, 3.05) is 0 Å². The van der Waals surface area contributed by atoms with Gasteiger partial charge >= 0.3 is 11.9 Å². The zero-order valence-electron chi connectivity index (χ0n) is 20.4. The molecule has 5 nitrogen and oxygen atoms in total. The number of aliphatic hydroxyl groups is 1. The highest BCUT2D eigenvalue weighted by atomic mass is 16.6. The van der Waals surface area contributed by atoms with Crippen molar-refractivity contribution in [2.45, 2.75) is 104 Å². The highest BCUT2D eigenvalue weighted by molar-refractivity contribution is 5.86. The van der Waals surface area contributed by atoms with E-state index in [1.807, 2.05) is 0 Å². The second-order valence-corrected chi connectivity index (χ2v) is 12.7. The molecule has 5 heteroatoms. The van der Waals surface area contributed by atoms with Crippen molar-refractivity contribution >= 4 is 11.9 Å². The van der Waals surface area contributed by atoms with E-state index in [0.29, 0.717) is 28.7 Å². The van der Waals surface area contributed by atoms with Crippen LogP contribution >= 0.6 is 0 Å². The largest absolute Gasteiger partial charge is 0.458 e. The average Bonchev–Trinajstić information content (AvgIpc) is 3.03. The van der Waals surface area contributed by atoms with E-state index in [1.165, 1.54) is 38.7 Å². The number of hydrogen-bond donors (Lipinski definition) is 1. The van der Waals surface area contributed by atoms with Gasteiger partial charge in [-0.2, -0.15) is 0 Å². The van der Waals surface area contributed by atoms with Gasteiger partial charge < -0.3 is 14.6 Å². The van der Waals surface area contributed by atoms with Crippen LogP contribution in [-0.2, 0) is 19.1 Å². The minimum Gasteiger partial charge on any atom is -0.458 e. The number of rotatable bonds is 1. The molecule has 0 amide bonds. The fourth-order valence-corrected chi connectivity index (χ4v) is 9.59. The number of carbonyl (C=O) groups is 2. The van der Waals surface area contributed by atoms with Crippen molar-refractivity contribution in [1.29, 1.82) is 0 Å². The maximum absolute atomic E-state index is 12.1. The molecule has 1 N–H and O–H groups in total. The zero-order chi connectivity index (χ0) is 23.1. The van der Waals surface area contributed by atoms with Crippen molar-refractivity contribution in [2.24, 2.45) is 39.9 Å². The fraction of sp³-hybridized carbons (Fsp3) is 0.852. The summed E-state index contributed by atoms with van der Waals surface area (Å²) in [5.74, 6) is 0.873. The lowest BCUT2D eigenvalue weighted by Crippen LogP contribution is -2.60. The zero-order valence-corrected chi connectivity index (χ0v) is 20.4. The molecule has 4 fully saturated rings. The van der Waals surface area contributed by atoms with Crippen LogP contribution in [-0.4, -0.2) is 35.4 Å². The van der Waals surface area contributed by atoms with Crippen LogP contribution in [0.3, 0.4) is 0 Å². The number of ether oxygens (including phenoxy) is 2. The monoisotopic (exact) mass is 444 g/mol. The van der Waals surface area contributed by atoms with Crippen LogP contribution in [0.4, 0.5) is 0 Å². The van der Waals surface area contributed by atoms with Crippen LogP contribution in [0.1, 0.15) is 86.0 Å². The van der Waals surface area contributed by atoms with E-state index in [0.717, 1.165) is 25.2 Å². The highest BCUT2D eigenvalue weighted by Gasteiger charge is 2.64. The van der Waals surface area contributed by atoms with E-state index in [2.05, 4.69) is 27.7 Å². The Kier molecular flexibility index (Phi) is 5.13. The van der Waals surface area contributed by atoms with Crippen molar-refractivity contribution in [3.05, 3.63) is 11.6 Å². The average molecular weight is 445 g/mol. The Balaban J connectivity index is 1.54. The summed E-state index contributed by atoms with van der Waals surface area (Å²) in [6, 6.07) is 0. The van der Waals surface area contributed by atoms with Crippen molar-refractivity contribution in [3.8, 4) is 0 Å². The maximum Gasteiger partial charge on any atom is 0.331 e. The van der Waals surface area contributed by atoms with Gasteiger partial charge in [0.25, 0.3) is 0 Å². The van der Waals surface area contributed by atoms with Gasteiger partial charge in [-0.15, -0.1) is 0 Å². The lowest BCUT2D eigenvalue weighted by molar-refractivity contribution is -0.191. The number of esters is 2. The molecule has 0 unspecified atom stereocenters. The van der Waals surface area contributed by atoms with Crippen LogP contribution in [0, 0.1) is 39.9 Å². The molecule has 0 bridgehead atoms. The first-order valence-corrected chi connectivity index (χ1v) is 12.7. The van der Waals surface area contributed by atoms with Gasteiger partial charge in [-0.05, 0) is 84.9 Å². The van der Waals surface area contributed by atoms with E-state index in [9.17, 15) is 14.7 Å². The van der Waals surface area contributed by atoms with E-state index in [-0.39, 0.29) is 23.2 Å². The molecule has 32 heavy (non-hydrogen) atoms. The molecule has 0 aromatic carbocycles. The summed E-state index contributed by atoms with van der Waals surface area (Å²) in [5, 5.41) is 11.5. The standard InChI is InChI=1S/C27H40O5/c1-15(28)31-19-14-18-16(23(30)24-17(19)13-22(29)32-24)7-8-21-26(18,4)12-9-20-25(2,3)10-6-11-27(20,21)5/h13,16,18-21,23-24,30H,6-12,14H2,1-5H3/t16-,18+,19+,20-,21-,23+,24-,26-,27-/m0/s1. The van der Waals surface area contributed by atoms with Crippen LogP contribution < -0.4 is 0 Å². The Labute approximate surface area is 192 Å². The minimum atomic E-state index is -0.732. The quantitative estimate of drug-likeness (QED) is 0.588. The van der Waals surface area contributed by atoms with Crippen molar-refractivity contribution in [3.63, 3.8) is 0 Å². The second kappa shape index (κ2) is 7.32. The summed E-state index contributed by atoms with van der Waals surface area (Å²) < 4.78 is 11.3. The molecule has 1 heterocycles. The molecule has 4 saturated carbocycles. The SMILES string of the molecule is CC(=O)O[C@@H]1C[C@@H]2[C@H](CC[C@H]3[C@@]2(C)CC[C@H]2C(C)(C)CCC[C@]32C)[C@@H](O)[C@H]2OC(=O)C=C12. The van der Waals surface area contributed by atoms with E-state index in [4.69, 9.17) is 9.47 Å². The number of fused-ring (bicyclic) bond motifs is 6. The molecule has 1 aliphatic heterocycles. The van der Waals surface area contributed by atoms with Gasteiger partial charge in [0.2, 0.25) is 0 Å². The third-order valence-corrected chi connectivity index (χ3v) is 10.7. The summed E-state index contributed by atoms with van der Waals surface area (Å²) >= 11 is 0. The first-order chi connectivity index (χ1) is 15.0. The van der Waals surface area contributed by atoms with Crippen LogP contribution in [0.2, 0.25) is 0 Å². The first kappa shape index (κ1) is 22.4. The highest BCUT2D eigenvalue weighted by Crippen LogP contribution is 2.70. The van der Waals surface area contributed by atoms with E-state index in [1.54, 1.807) is 0 Å². The van der Waals surface area contributed by atoms with Gasteiger partial charge in [0, 0.05) is 18.6 Å². The lowest BCUT2D eigenvalue weighted by Gasteiger charge is -2.67. The fourth-order valence-electron chi connectivity index (χ4n) is 9.59. The number of carbonyl (C=O) groups excluding carboxylic acids is 2. The summed E-state index contributed by atoms with van der Waals surface area (Å²) in [5.41, 5.74) is 1.44. The van der Waals surface area contributed by atoms with Gasteiger partial charge in [0.15, 0.2) is 6.10 Å². The van der Waals surface area contributed by atoms with Gasteiger partial charge in [0.05, 0.1) is 6.10 Å².